The molecule has 2 heterocycles. The van der Waals surface area contributed by atoms with Crippen molar-refractivity contribution < 1.29 is 4.74 Å². The van der Waals surface area contributed by atoms with Gasteiger partial charge in [-0.25, -0.2) is 0 Å². The number of rotatable bonds is 2. The zero-order valence-electron chi connectivity index (χ0n) is 11.4. The monoisotopic (exact) mass is 256 g/mol. The molecule has 100 valence electrons. The summed E-state index contributed by atoms with van der Waals surface area (Å²) in [6.45, 7) is 3.44. The van der Waals surface area contributed by atoms with Crippen molar-refractivity contribution in [3.63, 3.8) is 0 Å². The van der Waals surface area contributed by atoms with Crippen LogP contribution < -0.4 is 0 Å². The highest BCUT2D eigenvalue weighted by molar-refractivity contribution is 5.37. The molecule has 2 aliphatic rings. The average molecular weight is 256 g/mol. The van der Waals surface area contributed by atoms with Gasteiger partial charge in [0.1, 0.15) is 5.41 Å². The molecule has 0 amide bonds. The Morgan fingerprint density at radius 3 is 2.32 bits per heavy atom. The molecule has 0 spiro atoms. The molecule has 0 bridgehead atoms. The van der Waals surface area contributed by atoms with Gasteiger partial charge in [0.2, 0.25) is 0 Å². The maximum absolute atomic E-state index is 9.30. The van der Waals surface area contributed by atoms with Gasteiger partial charge in [0.05, 0.1) is 19.3 Å². The fourth-order valence-corrected chi connectivity index (χ4v) is 3.02. The van der Waals surface area contributed by atoms with Gasteiger partial charge in [-0.1, -0.05) is 24.3 Å². The minimum absolute atomic E-state index is 0.384. The van der Waals surface area contributed by atoms with Gasteiger partial charge in [-0.05, 0) is 50.0 Å². The lowest BCUT2D eigenvalue weighted by Gasteiger charge is -2.35. The molecule has 1 aromatic rings. The number of ether oxygens (including phenoxy) is 1. The van der Waals surface area contributed by atoms with Gasteiger partial charge in [-0.15, -0.1) is 0 Å². The number of likely N-dealkylation sites (tertiary alicyclic amines) is 1. The topological polar surface area (TPSA) is 36.3 Å². The van der Waals surface area contributed by atoms with E-state index in [0.29, 0.717) is 19.1 Å². The summed E-state index contributed by atoms with van der Waals surface area (Å²) >= 11 is 0. The summed E-state index contributed by atoms with van der Waals surface area (Å²) in [5, 5.41) is 9.30. The minimum atomic E-state index is -0.384. The van der Waals surface area contributed by atoms with Gasteiger partial charge in [0.15, 0.2) is 0 Å². The van der Waals surface area contributed by atoms with Crippen molar-refractivity contribution in [2.24, 2.45) is 0 Å². The molecule has 0 N–H and O–H groups in total. The Bertz CT molecular complexity index is 476. The molecule has 0 atom stereocenters. The Morgan fingerprint density at radius 2 is 1.84 bits per heavy atom. The first-order valence-electron chi connectivity index (χ1n) is 7.01. The van der Waals surface area contributed by atoms with Crippen molar-refractivity contribution >= 4 is 0 Å². The summed E-state index contributed by atoms with van der Waals surface area (Å²) in [5.41, 5.74) is 2.15. The fourth-order valence-electron chi connectivity index (χ4n) is 3.02. The summed E-state index contributed by atoms with van der Waals surface area (Å²) < 4.78 is 5.21. The number of hydrogen-bond acceptors (Lipinski definition) is 3. The average Bonchev–Trinajstić information content (AvgIpc) is 2.40. The Labute approximate surface area is 114 Å². The molecular weight excluding hydrogens is 236 g/mol. The number of nitrogens with zero attached hydrogens (tertiary/aromatic N) is 2. The summed E-state index contributed by atoms with van der Waals surface area (Å²) in [4.78, 5) is 2.39. The maximum atomic E-state index is 9.30. The minimum Gasteiger partial charge on any atom is -0.377 e. The summed E-state index contributed by atoms with van der Waals surface area (Å²) in [5.74, 6) is 0.681. The Kier molecular flexibility index (Phi) is 3.30. The summed E-state index contributed by atoms with van der Waals surface area (Å²) in [6.07, 6.45) is 2.48. The van der Waals surface area contributed by atoms with E-state index in [1.165, 1.54) is 31.5 Å². The van der Waals surface area contributed by atoms with E-state index in [1.54, 1.807) is 0 Å². The van der Waals surface area contributed by atoms with Gasteiger partial charge in [0, 0.05) is 0 Å². The molecule has 3 nitrogen and oxygen atoms in total. The van der Waals surface area contributed by atoms with Crippen LogP contribution in [0.1, 0.15) is 29.9 Å². The first-order chi connectivity index (χ1) is 9.23. The highest BCUT2D eigenvalue weighted by atomic mass is 16.5. The molecule has 3 rings (SSSR count). The van der Waals surface area contributed by atoms with Crippen LogP contribution >= 0.6 is 0 Å². The number of nitriles is 1. The molecule has 2 fully saturated rings. The molecule has 0 saturated carbocycles. The molecule has 0 radical (unpaired) electrons. The van der Waals surface area contributed by atoms with Crippen molar-refractivity contribution in [1.82, 2.24) is 4.90 Å². The molecule has 1 aromatic carbocycles. The quantitative estimate of drug-likeness (QED) is 0.814. The van der Waals surface area contributed by atoms with E-state index in [9.17, 15) is 5.26 Å². The SMILES string of the molecule is CN1CCC(c2ccc(C3(C#N)COC3)cc2)CC1. The smallest absolute Gasteiger partial charge is 0.129 e. The second-order valence-electron chi connectivity index (χ2n) is 5.89. The van der Waals surface area contributed by atoms with Crippen LogP contribution in [0.5, 0.6) is 0 Å². The second kappa shape index (κ2) is 4.96. The highest BCUT2D eigenvalue weighted by Crippen LogP contribution is 2.34. The van der Waals surface area contributed by atoms with Crippen LogP contribution in [-0.4, -0.2) is 38.3 Å². The fraction of sp³-hybridized carbons (Fsp3) is 0.562. The predicted molar refractivity (Wildman–Crippen MR) is 74.0 cm³/mol. The van der Waals surface area contributed by atoms with Gasteiger partial charge < -0.3 is 9.64 Å². The number of hydrogen-bond donors (Lipinski definition) is 0. The van der Waals surface area contributed by atoms with Crippen molar-refractivity contribution in [2.75, 3.05) is 33.4 Å². The van der Waals surface area contributed by atoms with Crippen LogP contribution in [0.2, 0.25) is 0 Å². The molecule has 19 heavy (non-hydrogen) atoms. The van der Waals surface area contributed by atoms with Crippen LogP contribution in [0.15, 0.2) is 24.3 Å². The van der Waals surface area contributed by atoms with Gasteiger partial charge in [0.25, 0.3) is 0 Å². The van der Waals surface area contributed by atoms with Crippen LogP contribution in [0, 0.1) is 11.3 Å². The maximum Gasteiger partial charge on any atom is 0.129 e. The van der Waals surface area contributed by atoms with Crippen LogP contribution in [0.3, 0.4) is 0 Å². The predicted octanol–water partition coefficient (Wildman–Crippen LogP) is 2.29. The lowest BCUT2D eigenvalue weighted by Crippen LogP contribution is -2.45. The third-order valence-corrected chi connectivity index (χ3v) is 4.56. The van der Waals surface area contributed by atoms with E-state index in [1.807, 2.05) is 0 Å². The van der Waals surface area contributed by atoms with Crippen molar-refractivity contribution in [3.05, 3.63) is 35.4 Å². The van der Waals surface area contributed by atoms with Gasteiger partial charge in [-0.2, -0.15) is 5.26 Å². The summed E-state index contributed by atoms with van der Waals surface area (Å²) in [6, 6.07) is 11.1. The van der Waals surface area contributed by atoms with E-state index >= 15 is 0 Å². The standard InChI is InChI=1S/C16H20N2O/c1-18-8-6-14(7-9-18)13-2-4-15(5-3-13)16(10-17)11-19-12-16/h2-5,14H,6-9,11-12H2,1H3. The molecule has 2 aliphatic heterocycles. The normalized spacial score (nSPS) is 23.6. The Balaban J connectivity index is 1.74. The third kappa shape index (κ3) is 2.27. The molecule has 0 aliphatic carbocycles. The van der Waals surface area contributed by atoms with E-state index in [2.05, 4.69) is 42.3 Å². The largest absolute Gasteiger partial charge is 0.377 e. The first-order valence-corrected chi connectivity index (χ1v) is 7.01. The molecular formula is C16H20N2O. The zero-order chi connectivity index (χ0) is 13.3. The molecule has 0 unspecified atom stereocenters. The molecule has 0 aromatic heterocycles. The van der Waals surface area contributed by atoms with E-state index in [0.717, 1.165) is 5.56 Å². The van der Waals surface area contributed by atoms with Crippen molar-refractivity contribution in [1.29, 1.82) is 5.26 Å². The van der Waals surface area contributed by atoms with Crippen molar-refractivity contribution in [3.8, 4) is 6.07 Å². The van der Waals surface area contributed by atoms with E-state index in [-0.39, 0.29) is 5.41 Å². The highest BCUT2D eigenvalue weighted by Gasteiger charge is 2.40. The first kappa shape index (κ1) is 12.7. The molecule has 3 heteroatoms. The van der Waals surface area contributed by atoms with E-state index in [4.69, 9.17) is 4.74 Å². The molecule has 2 saturated heterocycles. The van der Waals surface area contributed by atoms with Crippen molar-refractivity contribution in [2.45, 2.75) is 24.2 Å². The van der Waals surface area contributed by atoms with Crippen LogP contribution in [0.4, 0.5) is 0 Å². The third-order valence-electron chi connectivity index (χ3n) is 4.56. The summed E-state index contributed by atoms with van der Waals surface area (Å²) in [7, 11) is 2.19. The van der Waals surface area contributed by atoms with E-state index < -0.39 is 0 Å². The zero-order valence-corrected chi connectivity index (χ0v) is 11.4. The van der Waals surface area contributed by atoms with Crippen LogP contribution in [-0.2, 0) is 10.2 Å². The lowest BCUT2D eigenvalue weighted by atomic mass is 9.79. The lowest BCUT2D eigenvalue weighted by molar-refractivity contribution is -0.0298. The Morgan fingerprint density at radius 1 is 1.21 bits per heavy atom. The number of piperidine rings is 1. The Hall–Kier alpha value is -1.37. The van der Waals surface area contributed by atoms with Gasteiger partial charge in [-0.3, -0.25) is 0 Å². The number of benzene rings is 1. The van der Waals surface area contributed by atoms with Gasteiger partial charge >= 0.3 is 0 Å². The van der Waals surface area contributed by atoms with Crippen LogP contribution in [0.25, 0.3) is 0 Å². The second-order valence-corrected chi connectivity index (χ2v) is 5.89.